The monoisotopic (exact) mass is 218 g/mol. The van der Waals surface area contributed by atoms with Gasteiger partial charge in [0.1, 0.15) is 0 Å². The smallest absolute Gasteiger partial charge is 0.258 e. The van der Waals surface area contributed by atoms with Crippen molar-refractivity contribution in [2.45, 2.75) is 13.5 Å². The second kappa shape index (κ2) is 4.09. The Morgan fingerprint density at radius 3 is 2.88 bits per heavy atom. The van der Waals surface area contributed by atoms with Gasteiger partial charge in [0, 0.05) is 17.8 Å². The molecule has 0 fully saturated rings. The molecule has 0 saturated carbocycles. The number of hydrogen-bond acceptors (Lipinski definition) is 4. The summed E-state index contributed by atoms with van der Waals surface area (Å²) in [4.78, 5) is 10.2. The topological polar surface area (TPSA) is 73.8 Å². The summed E-state index contributed by atoms with van der Waals surface area (Å²) in [5.41, 5.74) is 1.76. The first-order valence-electron chi connectivity index (χ1n) is 4.75. The number of nitro groups is 1. The van der Waals surface area contributed by atoms with Crippen LogP contribution in [0.5, 0.6) is 0 Å². The first kappa shape index (κ1) is 10.3. The number of nitrogens with zero attached hydrogens (tertiary/aromatic N) is 4. The number of benzene rings is 1. The molecular formula is C10H10N4O2. The fourth-order valence-corrected chi connectivity index (χ4v) is 1.52. The van der Waals surface area contributed by atoms with Crippen molar-refractivity contribution in [3.63, 3.8) is 0 Å². The number of hydrogen-bond donors (Lipinski definition) is 0. The van der Waals surface area contributed by atoms with Crippen molar-refractivity contribution in [3.8, 4) is 0 Å². The Balaban J connectivity index is 2.24. The van der Waals surface area contributed by atoms with E-state index >= 15 is 0 Å². The summed E-state index contributed by atoms with van der Waals surface area (Å²) in [5.74, 6) is 0. The summed E-state index contributed by atoms with van der Waals surface area (Å²) in [6.07, 6.45) is 3.34. The molecule has 1 heterocycles. The summed E-state index contributed by atoms with van der Waals surface area (Å²) in [6.45, 7) is 2.29. The molecule has 0 aliphatic carbocycles. The van der Waals surface area contributed by atoms with Crippen molar-refractivity contribution < 1.29 is 4.92 Å². The van der Waals surface area contributed by atoms with E-state index < -0.39 is 0 Å². The van der Waals surface area contributed by atoms with Crippen LogP contribution in [0.3, 0.4) is 0 Å². The minimum Gasteiger partial charge on any atom is -0.258 e. The van der Waals surface area contributed by atoms with Crippen molar-refractivity contribution >= 4 is 5.69 Å². The lowest BCUT2D eigenvalue weighted by molar-refractivity contribution is -0.385. The standard InChI is InChI=1S/C10H10N4O2/c1-8-6-9(2-3-10(8)14(15)16)7-13-5-4-11-12-13/h2-6H,7H2,1H3. The third-order valence-electron chi connectivity index (χ3n) is 2.27. The number of nitro benzene ring substituents is 1. The third-order valence-corrected chi connectivity index (χ3v) is 2.27. The zero-order chi connectivity index (χ0) is 11.5. The highest BCUT2D eigenvalue weighted by atomic mass is 16.6. The SMILES string of the molecule is Cc1cc(Cn2ccnn2)ccc1[N+](=O)[O-]. The predicted molar refractivity (Wildman–Crippen MR) is 57.0 cm³/mol. The van der Waals surface area contributed by atoms with Crippen LogP contribution in [0.15, 0.2) is 30.6 Å². The molecular weight excluding hydrogens is 208 g/mol. The average Bonchev–Trinajstić information content (AvgIpc) is 2.70. The first-order valence-corrected chi connectivity index (χ1v) is 4.75. The van der Waals surface area contributed by atoms with E-state index in [4.69, 9.17) is 0 Å². The first-order chi connectivity index (χ1) is 7.66. The number of aromatic nitrogens is 3. The molecule has 0 bridgehead atoms. The molecule has 1 aromatic heterocycles. The molecule has 2 aromatic rings. The molecule has 0 spiro atoms. The highest BCUT2D eigenvalue weighted by Gasteiger charge is 2.10. The van der Waals surface area contributed by atoms with Gasteiger partial charge in [-0.2, -0.15) is 0 Å². The maximum Gasteiger partial charge on any atom is 0.272 e. The van der Waals surface area contributed by atoms with Crippen molar-refractivity contribution in [2.24, 2.45) is 0 Å². The van der Waals surface area contributed by atoms with Gasteiger partial charge in [0.2, 0.25) is 0 Å². The lowest BCUT2D eigenvalue weighted by Crippen LogP contribution is -2.01. The van der Waals surface area contributed by atoms with Crippen LogP contribution in [-0.2, 0) is 6.54 Å². The van der Waals surface area contributed by atoms with Crippen LogP contribution in [0.1, 0.15) is 11.1 Å². The molecule has 6 nitrogen and oxygen atoms in total. The molecule has 1 aromatic carbocycles. The van der Waals surface area contributed by atoms with Crippen LogP contribution >= 0.6 is 0 Å². The van der Waals surface area contributed by atoms with Gasteiger partial charge in [-0.15, -0.1) is 5.10 Å². The summed E-state index contributed by atoms with van der Waals surface area (Å²) in [6, 6.07) is 5.04. The fraction of sp³-hybridized carbons (Fsp3) is 0.200. The van der Waals surface area contributed by atoms with Gasteiger partial charge >= 0.3 is 0 Å². The lowest BCUT2D eigenvalue weighted by atomic mass is 10.1. The van der Waals surface area contributed by atoms with Crippen molar-refractivity contribution in [1.82, 2.24) is 15.0 Å². The molecule has 0 unspecified atom stereocenters. The Morgan fingerprint density at radius 1 is 1.50 bits per heavy atom. The maximum atomic E-state index is 10.6. The van der Waals surface area contributed by atoms with Gasteiger partial charge in [0.05, 0.1) is 17.7 Å². The van der Waals surface area contributed by atoms with E-state index in [-0.39, 0.29) is 10.6 Å². The normalized spacial score (nSPS) is 10.3. The van der Waals surface area contributed by atoms with E-state index in [0.29, 0.717) is 12.1 Å². The number of aryl methyl sites for hydroxylation is 1. The van der Waals surface area contributed by atoms with E-state index in [1.807, 2.05) is 0 Å². The van der Waals surface area contributed by atoms with Gasteiger partial charge in [-0.3, -0.25) is 10.1 Å². The largest absolute Gasteiger partial charge is 0.272 e. The zero-order valence-corrected chi connectivity index (χ0v) is 8.70. The van der Waals surface area contributed by atoms with Crippen molar-refractivity contribution in [2.75, 3.05) is 0 Å². The average molecular weight is 218 g/mol. The predicted octanol–water partition coefficient (Wildman–Crippen LogP) is 1.54. The third kappa shape index (κ3) is 2.05. The highest BCUT2D eigenvalue weighted by Crippen LogP contribution is 2.18. The molecule has 16 heavy (non-hydrogen) atoms. The molecule has 0 atom stereocenters. The second-order valence-electron chi connectivity index (χ2n) is 3.48. The van der Waals surface area contributed by atoms with Crippen molar-refractivity contribution in [1.29, 1.82) is 0 Å². The summed E-state index contributed by atoms with van der Waals surface area (Å²) >= 11 is 0. The van der Waals surface area contributed by atoms with E-state index in [0.717, 1.165) is 5.56 Å². The van der Waals surface area contributed by atoms with Gasteiger partial charge in [-0.1, -0.05) is 11.3 Å². The van der Waals surface area contributed by atoms with E-state index in [1.54, 1.807) is 36.1 Å². The molecule has 0 aliphatic rings. The fourth-order valence-electron chi connectivity index (χ4n) is 1.52. The van der Waals surface area contributed by atoms with Gasteiger partial charge < -0.3 is 0 Å². The Bertz CT molecular complexity index is 508. The second-order valence-corrected chi connectivity index (χ2v) is 3.48. The summed E-state index contributed by atoms with van der Waals surface area (Å²) < 4.78 is 1.67. The van der Waals surface area contributed by atoms with E-state index in [9.17, 15) is 10.1 Å². The molecule has 0 aliphatic heterocycles. The van der Waals surface area contributed by atoms with Crippen molar-refractivity contribution in [3.05, 3.63) is 51.8 Å². The Morgan fingerprint density at radius 2 is 2.31 bits per heavy atom. The van der Waals surface area contributed by atoms with Crippen LogP contribution in [0.2, 0.25) is 0 Å². The molecule has 2 rings (SSSR count). The highest BCUT2D eigenvalue weighted by molar-refractivity contribution is 5.41. The summed E-state index contributed by atoms with van der Waals surface area (Å²) in [5, 5.41) is 18.2. The molecule has 0 saturated heterocycles. The van der Waals surface area contributed by atoms with Crippen LogP contribution in [0.25, 0.3) is 0 Å². The van der Waals surface area contributed by atoms with Crippen LogP contribution in [0, 0.1) is 17.0 Å². The van der Waals surface area contributed by atoms with Gasteiger partial charge in [0.15, 0.2) is 0 Å². The zero-order valence-electron chi connectivity index (χ0n) is 8.70. The molecule has 0 N–H and O–H groups in total. The van der Waals surface area contributed by atoms with Gasteiger partial charge in [-0.05, 0) is 18.6 Å². The Kier molecular flexibility index (Phi) is 2.63. The van der Waals surface area contributed by atoms with E-state index in [2.05, 4.69) is 10.3 Å². The van der Waals surface area contributed by atoms with Gasteiger partial charge in [-0.25, -0.2) is 4.68 Å². The lowest BCUT2D eigenvalue weighted by Gasteiger charge is -2.02. The quantitative estimate of drug-likeness (QED) is 0.578. The van der Waals surface area contributed by atoms with Crippen LogP contribution in [-0.4, -0.2) is 19.9 Å². The Labute approximate surface area is 91.7 Å². The molecule has 0 amide bonds. The van der Waals surface area contributed by atoms with Crippen LogP contribution < -0.4 is 0 Å². The minimum absolute atomic E-state index is 0.141. The van der Waals surface area contributed by atoms with Gasteiger partial charge in [0.25, 0.3) is 5.69 Å². The Hall–Kier alpha value is -2.24. The van der Waals surface area contributed by atoms with Crippen LogP contribution in [0.4, 0.5) is 5.69 Å². The molecule has 82 valence electrons. The minimum atomic E-state index is -0.380. The molecule has 0 radical (unpaired) electrons. The number of rotatable bonds is 3. The maximum absolute atomic E-state index is 10.6. The summed E-state index contributed by atoms with van der Waals surface area (Å²) in [7, 11) is 0. The van der Waals surface area contributed by atoms with E-state index in [1.165, 1.54) is 6.07 Å². The molecule has 6 heteroatoms.